The molecule has 0 saturated carbocycles. The van der Waals surface area contributed by atoms with E-state index in [2.05, 4.69) is 15.3 Å². The van der Waals surface area contributed by atoms with Crippen molar-refractivity contribution in [1.82, 2.24) is 9.97 Å². The molecule has 1 atom stereocenters. The second-order valence-corrected chi connectivity index (χ2v) is 5.56. The summed E-state index contributed by atoms with van der Waals surface area (Å²) in [6.45, 7) is 1.18. The Morgan fingerprint density at radius 1 is 1.38 bits per heavy atom. The number of nitrogens with zero attached hydrogens (tertiary/aromatic N) is 2. The fraction of sp³-hybridized carbons (Fsp3) is 0.312. The number of pyridine rings is 2. The van der Waals surface area contributed by atoms with E-state index in [0.29, 0.717) is 36.2 Å². The Kier molecular flexibility index (Phi) is 5.12. The quantitative estimate of drug-likeness (QED) is 0.893. The molecule has 8 heteroatoms. The van der Waals surface area contributed by atoms with Crippen molar-refractivity contribution in [3.63, 3.8) is 0 Å². The van der Waals surface area contributed by atoms with Crippen LogP contribution in [0.3, 0.4) is 0 Å². The normalized spacial score (nSPS) is 16.7. The standard InChI is InChI=1S/C16H16ClN3O4/c1-22-14-3-2-11(8-18-14)20-15(21)10-6-13(17)16(19-7-10)24-12-4-5-23-9-12/h2-3,6-8,12H,4-5,9H2,1H3,(H,20,21)/t12-/m1/s1. The van der Waals surface area contributed by atoms with Gasteiger partial charge in [-0.2, -0.15) is 0 Å². The van der Waals surface area contributed by atoms with Crippen LogP contribution in [0.5, 0.6) is 11.8 Å². The van der Waals surface area contributed by atoms with Gasteiger partial charge >= 0.3 is 0 Å². The number of ether oxygens (including phenoxy) is 3. The highest BCUT2D eigenvalue weighted by atomic mass is 35.5. The number of nitrogens with one attached hydrogen (secondary N) is 1. The van der Waals surface area contributed by atoms with Gasteiger partial charge in [-0.05, 0) is 12.1 Å². The van der Waals surface area contributed by atoms with E-state index in [1.54, 1.807) is 12.1 Å². The van der Waals surface area contributed by atoms with Crippen molar-refractivity contribution in [1.29, 1.82) is 0 Å². The number of anilines is 1. The number of hydrogen-bond donors (Lipinski definition) is 1. The van der Waals surface area contributed by atoms with Gasteiger partial charge in [0.1, 0.15) is 11.1 Å². The molecule has 3 rings (SSSR count). The molecule has 0 unspecified atom stereocenters. The van der Waals surface area contributed by atoms with Crippen molar-refractivity contribution >= 4 is 23.2 Å². The number of rotatable bonds is 5. The van der Waals surface area contributed by atoms with Gasteiger partial charge in [0.2, 0.25) is 11.8 Å². The number of amides is 1. The van der Waals surface area contributed by atoms with Crippen LogP contribution in [0.4, 0.5) is 5.69 Å². The van der Waals surface area contributed by atoms with E-state index in [4.69, 9.17) is 25.8 Å². The molecule has 0 radical (unpaired) electrons. The zero-order chi connectivity index (χ0) is 16.9. The molecule has 1 fully saturated rings. The molecule has 3 heterocycles. The highest BCUT2D eigenvalue weighted by Crippen LogP contribution is 2.25. The topological polar surface area (TPSA) is 82.6 Å². The minimum absolute atomic E-state index is 0.0555. The third kappa shape index (κ3) is 3.93. The molecule has 1 aliphatic heterocycles. The Hall–Kier alpha value is -2.38. The monoisotopic (exact) mass is 349 g/mol. The van der Waals surface area contributed by atoms with Gasteiger partial charge in [-0.1, -0.05) is 11.6 Å². The maximum Gasteiger partial charge on any atom is 0.257 e. The van der Waals surface area contributed by atoms with Crippen LogP contribution in [0, 0.1) is 0 Å². The number of halogens is 1. The lowest BCUT2D eigenvalue weighted by Crippen LogP contribution is -2.17. The van der Waals surface area contributed by atoms with Gasteiger partial charge in [0.25, 0.3) is 5.91 Å². The average molecular weight is 350 g/mol. The van der Waals surface area contributed by atoms with Crippen LogP contribution >= 0.6 is 11.6 Å². The zero-order valence-electron chi connectivity index (χ0n) is 13.0. The highest BCUT2D eigenvalue weighted by molar-refractivity contribution is 6.32. The van der Waals surface area contributed by atoms with E-state index in [9.17, 15) is 4.79 Å². The fourth-order valence-corrected chi connectivity index (χ4v) is 2.39. The first-order valence-electron chi connectivity index (χ1n) is 7.37. The summed E-state index contributed by atoms with van der Waals surface area (Å²) >= 11 is 6.16. The van der Waals surface area contributed by atoms with Gasteiger partial charge in [-0.15, -0.1) is 0 Å². The van der Waals surface area contributed by atoms with Crippen LogP contribution in [0.15, 0.2) is 30.6 Å². The summed E-state index contributed by atoms with van der Waals surface area (Å²) < 4.78 is 15.9. The number of aromatic nitrogens is 2. The van der Waals surface area contributed by atoms with Gasteiger partial charge in [-0.25, -0.2) is 9.97 Å². The van der Waals surface area contributed by atoms with Crippen molar-refractivity contribution in [2.75, 3.05) is 25.6 Å². The third-order valence-electron chi connectivity index (χ3n) is 3.44. The van der Waals surface area contributed by atoms with Crippen molar-refractivity contribution < 1.29 is 19.0 Å². The smallest absolute Gasteiger partial charge is 0.257 e. The molecule has 1 amide bonds. The molecular formula is C16H16ClN3O4. The Balaban J connectivity index is 1.66. The summed E-state index contributed by atoms with van der Waals surface area (Å²) in [6, 6.07) is 4.86. The van der Waals surface area contributed by atoms with Crippen molar-refractivity contribution in [3.05, 3.63) is 41.2 Å². The number of carbonyl (C=O) groups is 1. The minimum Gasteiger partial charge on any atom is -0.481 e. The summed E-state index contributed by atoms with van der Waals surface area (Å²) in [6.07, 6.45) is 3.66. The zero-order valence-corrected chi connectivity index (χ0v) is 13.7. The first-order valence-corrected chi connectivity index (χ1v) is 7.75. The third-order valence-corrected chi connectivity index (χ3v) is 3.71. The molecule has 1 N–H and O–H groups in total. The number of hydrogen-bond acceptors (Lipinski definition) is 6. The molecule has 0 aromatic carbocycles. The SMILES string of the molecule is COc1ccc(NC(=O)c2cnc(O[C@@H]3CCOC3)c(Cl)c2)cn1. The molecule has 126 valence electrons. The second-order valence-electron chi connectivity index (χ2n) is 5.16. The van der Waals surface area contributed by atoms with Gasteiger partial charge < -0.3 is 19.5 Å². The molecule has 1 aliphatic rings. The number of methoxy groups -OCH3 is 1. The summed E-state index contributed by atoms with van der Waals surface area (Å²) in [4.78, 5) is 20.4. The summed E-state index contributed by atoms with van der Waals surface area (Å²) in [5, 5.41) is 2.99. The van der Waals surface area contributed by atoms with E-state index in [-0.39, 0.29) is 17.0 Å². The Labute approximate surface area is 143 Å². The van der Waals surface area contributed by atoms with Gasteiger partial charge in [-0.3, -0.25) is 4.79 Å². The summed E-state index contributed by atoms with van der Waals surface area (Å²) in [5.74, 6) is 0.428. The van der Waals surface area contributed by atoms with E-state index in [1.807, 2.05) is 0 Å². The summed E-state index contributed by atoms with van der Waals surface area (Å²) in [5.41, 5.74) is 0.867. The molecule has 2 aromatic heterocycles. The molecule has 0 aliphatic carbocycles. The van der Waals surface area contributed by atoms with Crippen LogP contribution < -0.4 is 14.8 Å². The Morgan fingerprint density at radius 3 is 2.88 bits per heavy atom. The lowest BCUT2D eigenvalue weighted by Gasteiger charge is -2.12. The maximum atomic E-state index is 12.2. The highest BCUT2D eigenvalue weighted by Gasteiger charge is 2.20. The minimum atomic E-state index is -0.341. The molecule has 7 nitrogen and oxygen atoms in total. The van der Waals surface area contributed by atoms with E-state index in [1.165, 1.54) is 25.6 Å². The van der Waals surface area contributed by atoms with Crippen molar-refractivity contribution in [3.8, 4) is 11.8 Å². The van der Waals surface area contributed by atoms with Gasteiger partial charge in [0.05, 0.1) is 37.8 Å². The van der Waals surface area contributed by atoms with Crippen LogP contribution in [0.2, 0.25) is 5.02 Å². The maximum absolute atomic E-state index is 12.2. The molecule has 0 spiro atoms. The summed E-state index contributed by atoms with van der Waals surface area (Å²) in [7, 11) is 1.52. The van der Waals surface area contributed by atoms with E-state index < -0.39 is 0 Å². The average Bonchev–Trinajstić information content (AvgIpc) is 3.10. The van der Waals surface area contributed by atoms with Crippen LogP contribution in [-0.4, -0.2) is 42.3 Å². The van der Waals surface area contributed by atoms with Gasteiger partial charge in [0, 0.05) is 18.7 Å². The van der Waals surface area contributed by atoms with Crippen LogP contribution in [0.1, 0.15) is 16.8 Å². The molecule has 2 aromatic rings. The molecule has 24 heavy (non-hydrogen) atoms. The van der Waals surface area contributed by atoms with Crippen molar-refractivity contribution in [2.24, 2.45) is 0 Å². The Bertz CT molecular complexity index is 718. The largest absolute Gasteiger partial charge is 0.481 e. The first-order chi connectivity index (χ1) is 11.7. The first kappa shape index (κ1) is 16.5. The van der Waals surface area contributed by atoms with Crippen LogP contribution in [0.25, 0.3) is 0 Å². The predicted octanol–water partition coefficient (Wildman–Crippen LogP) is 2.56. The fourth-order valence-electron chi connectivity index (χ4n) is 2.18. The predicted molar refractivity (Wildman–Crippen MR) is 87.8 cm³/mol. The van der Waals surface area contributed by atoms with Crippen molar-refractivity contribution in [2.45, 2.75) is 12.5 Å². The number of carbonyl (C=O) groups excluding carboxylic acids is 1. The van der Waals surface area contributed by atoms with E-state index in [0.717, 1.165) is 6.42 Å². The second kappa shape index (κ2) is 7.46. The molecular weight excluding hydrogens is 334 g/mol. The van der Waals surface area contributed by atoms with Crippen LogP contribution in [-0.2, 0) is 4.74 Å². The molecule has 0 bridgehead atoms. The lowest BCUT2D eigenvalue weighted by atomic mass is 10.2. The Morgan fingerprint density at radius 2 is 2.25 bits per heavy atom. The van der Waals surface area contributed by atoms with Gasteiger partial charge in [0.15, 0.2) is 0 Å². The molecule has 1 saturated heterocycles. The van der Waals surface area contributed by atoms with E-state index >= 15 is 0 Å². The lowest BCUT2D eigenvalue weighted by molar-refractivity contribution is 0.102.